The Labute approximate surface area is 99.6 Å². The molecule has 1 aromatic carbocycles. The zero-order valence-electron chi connectivity index (χ0n) is 10.1. The summed E-state index contributed by atoms with van der Waals surface area (Å²) >= 11 is 0. The first kappa shape index (κ1) is 12.5. The van der Waals surface area contributed by atoms with E-state index in [2.05, 4.69) is 61.2 Å². The molecular formula is C13H16Si2. The molecule has 1 rings (SSSR count). The molecule has 0 saturated heterocycles. The minimum atomic E-state index is 1.01. The lowest BCUT2D eigenvalue weighted by molar-refractivity contribution is 1.20. The summed E-state index contributed by atoms with van der Waals surface area (Å²) in [6.07, 6.45) is 0. The van der Waals surface area contributed by atoms with Crippen molar-refractivity contribution in [3.05, 3.63) is 38.7 Å². The lowest BCUT2D eigenvalue weighted by Gasteiger charge is -2.15. The third-order valence-electron chi connectivity index (χ3n) is 3.26. The van der Waals surface area contributed by atoms with E-state index < -0.39 is 0 Å². The Bertz CT molecular complexity index is 425. The van der Waals surface area contributed by atoms with E-state index in [0.717, 1.165) is 4.82 Å². The molecule has 0 heterocycles. The van der Waals surface area contributed by atoms with Gasteiger partial charge in [-0.1, -0.05) is 11.6 Å². The van der Waals surface area contributed by atoms with Gasteiger partial charge in [-0.15, -0.1) is 4.82 Å². The third-order valence-corrected chi connectivity index (χ3v) is 4.01. The molecule has 0 aliphatic heterocycles. The van der Waals surface area contributed by atoms with Crippen LogP contribution < -0.4 is 0 Å². The molecule has 76 valence electrons. The quantitative estimate of drug-likeness (QED) is 0.648. The molecule has 0 saturated carbocycles. The van der Waals surface area contributed by atoms with Crippen LogP contribution >= 0.6 is 0 Å². The van der Waals surface area contributed by atoms with Crippen LogP contribution in [0.4, 0.5) is 0 Å². The number of hydrogen-bond donors (Lipinski definition) is 0. The number of aryl methyl sites for hydroxylation is 1. The van der Waals surface area contributed by atoms with E-state index in [-0.39, 0.29) is 0 Å². The highest BCUT2D eigenvalue weighted by Crippen LogP contribution is 2.27. The van der Waals surface area contributed by atoms with Crippen LogP contribution in [0.5, 0.6) is 0 Å². The Morgan fingerprint density at radius 1 is 0.933 bits per heavy atom. The second-order valence-corrected chi connectivity index (χ2v) is 5.62. The van der Waals surface area contributed by atoms with Crippen molar-refractivity contribution >= 4 is 26.1 Å². The molecule has 0 bridgehead atoms. The number of rotatable bonds is 1. The lowest BCUT2D eigenvalue weighted by atomic mass is 9.92. The van der Waals surface area contributed by atoms with E-state index in [4.69, 9.17) is 0 Å². The van der Waals surface area contributed by atoms with Gasteiger partial charge in [0.2, 0.25) is 0 Å². The summed E-state index contributed by atoms with van der Waals surface area (Å²) < 4.78 is 0. The van der Waals surface area contributed by atoms with Crippen LogP contribution in [0.1, 0.15) is 34.7 Å². The first-order valence-electron chi connectivity index (χ1n) is 5.08. The molecule has 0 nitrogen and oxygen atoms in total. The fraction of sp³-hybridized carbons (Fsp3) is 0.385. The van der Waals surface area contributed by atoms with Gasteiger partial charge in [0.15, 0.2) is 0 Å². The van der Waals surface area contributed by atoms with E-state index in [1.807, 2.05) is 0 Å². The first-order valence-corrected chi connectivity index (χ1v) is 6.08. The van der Waals surface area contributed by atoms with Crippen molar-refractivity contribution in [1.29, 1.82) is 0 Å². The maximum absolute atomic E-state index is 3.52. The molecule has 0 fully saturated rings. The summed E-state index contributed by atoms with van der Waals surface area (Å²) in [6.45, 7) is 10.8. The fourth-order valence-corrected chi connectivity index (χ4v) is 2.01. The van der Waals surface area contributed by atoms with E-state index in [9.17, 15) is 0 Å². The van der Waals surface area contributed by atoms with Gasteiger partial charge in [-0.25, -0.2) is 0 Å². The minimum absolute atomic E-state index is 1.01. The summed E-state index contributed by atoms with van der Waals surface area (Å²) in [5.74, 6) is 0. The van der Waals surface area contributed by atoms with Crippen molar-refractivity contribution in [2.24, 2.45) is 0 Å². The number of hydrogen-bond acceptors (Lipinski definition) is 0. The Morgan fingerprint density at radius 3 is 1.93 bits per heavy atom. The monoisotopic (exact) mass is 228 g/mol. The van der Waals surface area contributed by atoms with Gasteiger partial charge < -0.3 is 0 Å². The van der Waals surface area contributed by atoms with Gasteiger partial charge in [0.1, 0.15) is 0 Å². The largest absolute Gasteiger partial charge is 0.101 e. The average Bonchev–Trinajstić information content (AvgIpc) is 2.19. The Morgan fingerprint density at radius 2 is 1.47 bits per heavy atom. The highest BCUT2D eigenvalue weighted by atomic mass is 28.2. The molecule has 0 spiro atoms. The van der Waals surface area contributed by atoms with E-state index in [1.54, 1.807) is 0 Å². The predicted octanol–water partition coefficient (Wildman–Crippen LogP) is 2.95. The maximum Gasteiger partial charge on any atom is 0.0583 e. The molecule has 6 radical (unpaired) electrons. The molecule has 1 aromatic rings. The normalized spacial score (nSPS) is 10.3. The second-order valence-electron chi connectivity index (χ2n) is 4.12. The summed E-state index contributed by atoms with van der Waals surface area (Å²) in [7, 11) is 7.05. The minimum Gasteiger partial charge on any atom is -0.101 e. The Hall–Kier alpha value is -0.606. The van der Waals surface area contributed by atoms with Gasteiger partial charge in [-0.3, -0.25) is 0 Å². The molecular weight excluding hydrogens is 212 g/mol. The van der Waals surface area contributed by atoms with Crippen molar-refractivity contribution < 1.29 is 0 Å². The fourth-order valence-electron chi connectivity index (χ4n) is 1.74. The van der Waals surface area contributed by atoms with Gasteiger partial charge in [0, 0.05) is 0 Å². The second kappa shape index (κ2) is 4.50. The summed E-state index contributed by atoms with van der Waals surface area (Å²) in [5, 5.41) is 0. The van der Waals surface area contributed by atoms with Crippen molar-refractivity contribution in [2.75, 3.05) is 0 Å². The van der Waals surface area contributed by atoms with Gasteiger partial charge in [0.05, 0.1) is 20.5 Å². The molecule has 0 amide bonds. The van der Waals surface area contributed by atoms with Gasteiger partial charge in [-0.2, -0.15) is 0 Å². The maximum atomic E-state index is 3.52. The molecule has 0 aliphatic carbocycles. The highest BCUT2D eigenvalue weighted by Gasteiger charge is 2.08. The molecule has 0 unspecified atom stereocenters. The van der Waals surface area contributed by atoms with E-state index in [0.29, 0.717) is 0 Å². The first-order chi connectivity index (χ1) is 6.86. The molecule has 15 heavy (non-hydrogen) atoms. The lowest BCUT2D eigenvalue weighted by Crippen LogP contribution is -1.98. The average molecular weight is 228 g/mol. The van der Waals surface area contributed by atoms with Crippen LogP contribution in [0.25, 0.3) is 5.57 Å². The van der Waals surface area contributed by atoms with Crippen LogP contribution in [0.15, 0.2) is 10.9 Å². The van der Waals surface area contributed by atoms with Gasteiger partial charge in [-0.05, 0) is 62.4 Å². The smallest absolute Gasteiger partial charge is 0.0583 e. The van der Waals surface area contributed by atoms with Crippen LogP contribution in [0.2, 0.25) is 0 Å². The summed E-state index contributed by atoms with van der Waals surface area (Å²) in [5.41, 5.74) is 8.07. The SMILES string of the molecule is CC(=C([Si])[Si])c1cc(C)c(C)c(C)c1C. The summed E-state index contributed by atoms with van der Waals surface area (Å²) in [6, 6.07) is 2.26. The van der Waals surface area contributed by atoms with Crippen LogP contribution in [-0.2, 0) is 0 Å². The molecule has 0 N–H and O–H groups in total. The van der Waals surface area contributed by atoms with Crippen molar-refractivity contribution in [3.63, 3.8) is 0 Å². The van der Waals surface area contributed by atoms with Crippen molar-refractivity contribution in [2.45, 2.75) is 34.6 Å². The van der Waals surface area contributed by atoms with E-state index >= 15 is 0 Å². The topological polar surface area (TPSA) is 0 Å². The molecule has 0 atom stereocenters. The van der Waals surface area contributed by atoms with Crippen LogP contribution in [0.3, 0.4) is 0 Å². The molecule has 0 aliphatic rings. The van der Waals surface area contributed by atoms with Crippen molar-refractivity contribution in [3.8, 4) is 0 Å². The van der Waals surface area contributed by atoms with Crippen LogP contribution in [0, 0.1) is 27.7 Å². The van der Waals surface area contributed by atoms with E-state index in [1.165, 1.54) is 33.4 Å². The Kier molecular flexibility index (Phi) is 3.73. The third kappa shape index (κ3) is 2.32. The van der Waals surface area contributed by atoms with Crippen LogP contribution in [-0.4, -0.2) is 20.5 Å². The van der Waals surface area contributed by atoms with Gasteiger partial charge in [0.25, 0.3) is 0 Å². The molecule has 0 aromatic heterocycles. The summed E-state index contributed by atoms with van der Waals surface area (Å²) in [4.78, 5) is 1.01. The predicted molar refractivity (Wildman–Crippen MR) is 69.5 cm³/mol. The number of benzene rings is 1. The standard InChI is InChI=1S/C13H16Si2/c1-7-6-12(11(5)13(14)15)10(4)9(3)8(7)2/h6H,1-5H3. The zero-order valence-corrected chi connectivity index (χ0v) is 12.1. The molecule has 2 heteroatoms. The highest BCUT2D eigenvalue weighted by molar-refractivity contribution is 6.51. The number of allylic oxidation sites excluding steroid dienone is 1. The Balaban J connectivity index is 3.53. The zero-order chi connectivity index (χ0) is 11.7. The van der Waals surface area contributed by atoms with Gasteiger partial charge >= 0.3 is 0 Å². The van der Waals surface area contributed by atoms with Crippen molar-refractivity contribution in [1.82, 2.24) is 0 Å².